The van der Waals surface area contributed by atoms with Crippen molar-refractivity contribution >= 4 is 16.6 Å². The molecule has 4 aromatic rings. The van der Waals surface area contributed by atoms with E-state index in [2.05, 4.69) is 24.8 Å². The largest absolute Gasteiger partial charge is 0.480 e. The Hall–Kier alpha value is -3.69. The minimum Gasteiger partial charge on any atom is -0.480 e. The number of hydrogen-bond acceptors (Lipinski definition) is 8. The number of nitrogens with zero attached hydrogens (tertiary/aromatic N) is 5. The van der Waals surface area contributed by atoms with E-state index in [1.807, 2.05) is 18.2 Å². The van der Waals surface area contributed by atoms with Gasteiger partial charge in [0.25, 0.3) is 0 Å². The highest BCUT2D eigenvalue weighted by Gasteiger charge is 2.21. The van der Waals surface area contributed by atoms with Crippen LogP contribution in [0.25, 0.3) is 22.2 Å². The van der Waals surface area contributed by atoms with E-state index in [0.717, 1.165) is 24.2 Å². The van der Waals surface area contributed by atoms with E-state index in [4.69, 9.17) is 9.47 Å². The summed E-state index contributed by atoms with van der Waals surface area (Å²) in [5.74, 6) is -0.242. The number of aliphatic hydroxyl groups excluding tert-OH is 1. The highest BCUT2D eigenvalue weighted by Crippen LogP contribution is 2.34. The maximum Gasteiger partial charge on any atom is 0.238 e. The van der Waals surface area contributed by atoms with Gasteiger partial charge in [0.1, 0.15) is 23.9 Å². The van der Waals surface area contributed by atoms with Crippen LogP contribution in [0.5, 0.6) is 5.88 Å². The number of benzene rings is 2. The van der Waals surface area contributed by atoms with Crippen LogP contribution in [0.15, 0.2) is 55.1 Å². The monoisotopic (exact) mass is 447 g/mol. The van der Waals surface area contributed by atoms with Gasteiger partial charge >= 0.3 is 0 Å². The highest BCUT2D eigenvalue weighted by molar-refractivity contribution is 5.94. The highest BCUT2D eigenvalue weighted by atomic mass is 19.1. The molecule has 0 aliphatic carbocycles. The van der Waals surface area contributed by atoms with Gasteiger partial charge in [0.05, 0.1) is 31.5 Å². The van der Waals surface area contributed by atoms with Crippen LogP contribution in [0, 0.1) is 5.82 Å². The molecule has 168 valence electrons. The van der Waals surface area contributed by atoms with Gasteiger partial charge in [-0.1, -0.05) is 6.07 Å². The third-order valence-electron chi connectivity index (χ3n) is 5.70. The molecule has 8 nitrogen and oxygen atoms in total. The second kappa shape index (κ2) is 9.05. The Morgan fingerprint density at radius 2 is 1.85 bits per heavy atom. The Balaban J connectivity index is 1.55. The van der Waals surface area contributed by atoms with Gasteiger partial charge < -0.3 is 19.5 Å². The summed E-state index contributed by atoms with van der Waals surface area (Å²) >= 11 is 0. The van der Waals surface area contributed by atoms with Crippen molar-refractivity contribution in [1.29, 1.82) is 0 Å². The number of aliphatic hydroxyl groups is 1. The molecule has 1 fully saturated rings. The number of hydrogen-bond donors (Lipinski definition) is 1. The van der Waals surface area contributed by atoms with E-state index in [1.54, 1.807) is 6.07 Å². The summed E-state index contributed by atoms with van der Waals surface area (Å²) in [6.07, 6.45) is 3.22. The quantitative estimate of drug-likeness (QED) is 0.499. The van der Waals surface area contributed by atoms with Crippen LogP contribution < -0.4 is 9.64 Å². The van der Waals surface area contributed by atoms with Gasteiger partial charge in [0.2, 0.25) is 5.88 Å². The number of rotatable bonds is 5. The lowest BCUT2D eigenvalue weighted by Crippen LogP contribution is -2.36. The normalized spacial score (nSPS) is 14.9. The average molecular weight is 447 g/mol. The zero-order valence-corrected chi connectivity index (χ0v) is 18.0. The van der Waals surface area contributed by atoms with Crippen molar-refractivity contribution in [2.75, 3.05) is 38.3 Å². The molecule has 0 unspecified atom stereocenters. The van der Waals surface area contributed by atoms with Crippen molar-refractivity contribution in [2.24, 2.45) is 0 Å². The summed E-state index contributed by atoms with van der Waals surface area (Å²) < 4.78 is 25.6. The third-order valence-corrected chi connectivity index (χ3v) is 5.70. The number of ether oxygens (including phenoxy) is 2. The maximum atomic E-state index is 14.9. The number of fused-ring (bicyclic) bond motifs is 1. The standard InChI is InChI=1S/C24H22FN5O3/c1-32-24-22(26-6-7-27-24)23(31)15-2-5-19(25)18(12-15)21-17-4-3-16(13-20(17)28-14-29-21)30-8-10-33-11-9-30/h2-7,12-14,23,31H,8-11H2,1H3/t23-/m1/s1. The molecule has 0 spiro atoms. The van der Waals surface area contributed by atoms with Crippen molar-refractivity contribution in [3.05, 3.63) is 72.2 Å². The zero-order chi connectivity index (χ0) is 22.8. The van der Waals surface area contributed by atoms with Gasteiger partial charge in [-0.3, -0.25) is 4.98 Å². The molecule has 1 aliphatic heterocycles. The first-order chi connectivity index (χ1) is 16.2. The van der Waals surface area contributed by atoms with Gasteiger partial charge in [-0.15, -0.1) is 0 Å². The molecule has 1 atom stereocenters. The third kappa shape index (κ3) is 4.08. The molecular weight excluding hydrogens is 425 g/mol. The fourth-order valence-corrected chi connectivity index (χ4v) is 4.01. The first kappa shape index (κ1) is 21.2. The first-order valence-electron chi connectivity index (χ1n) is 10.6. The lowest BCUT2D eigenvalue weighted by molar-refractivity contribution is 0.122. The maximum absolute atomic E-state index is 14.9. The number of halogens is 1. The molecule has 2 aromatic carbocycles. The van der Waals surface area contributed by atoms with E-state index < -0.39 is 11.9 Å². The lowest BCUT2D eigenvalue weighted by Gasteiger charge is -2.29. The summed E-state index contributed by atoms with van der Waals surface area (Å²) in [6.45, 7) is 2.99. The van der Waals surface area contributed by atoms with Gasteiger partial charge in [0, 0.05) is 42.1 Å². The van der Waals surface area contributed by atoms with Gasteiger partial charge in [-0.25, -0.2) is 19.3 Å². The molecule has 0 radical (unpaired) electrons. The van der Waals surface area contributed by atoms with Crippen LogP contribution in [0.1, 0.15) is 17.4 Å². The van der Waals surface area contributed by atoms with Crippen LogP contribution in [0.3, 0.4) is 0 Å². The van der Waals surface area contributed by atoms with E-state index in [0.29, 0.717) is 30.0 Å². The predicted octanol–water partition coefficient (Wildman–Crippen LogP) is 3.15. The summed E-state index contributed by atoms with van der Waals surface area (Å²) in [6, 6.07) is 10.3. The van der Waals surface area contributed by atoms with Crippen molar-refractivity contribution in [2.45, 2.75) is 6.10 Å². The minimum atomic E-state index is -1.14. The predicted molar refractivity (Wildman–Crippen MR) is 121 cm³/mol. The van der Waals surface area contributed by atoms with Crippen molar-refractivity contribution in [1.82, 2.24) is 19.9 Å². The Morgan fingerprint density at radius 1 is 1.03 bits per heavy atom. The molecule has 1 N–H and O–H groups in total. The van der Waals surface area contributed by atoms with Crippen LogP contribution >= 0.6 is 0 Å². The Kier molecular flexibility index (Phi) is 5.80. The lowest BCUT2D eigenvalue weighted by atomic mass is 9.99. The van der Waals surface area contributed by atoms with Crippen molar-refractivity contribution < 1.29 is 19.0 Å². The molecule has 9 heteroatoms. The molecule has 1 saturated heterocycles. The molecule has 0 saturated carbocycles. The number of morpholine rings is 1. The minimum absolute atomic E-state index is 0.207. The molecule has 33 heavy (non-hydrogen) atoms. The molecular formula is C24H22FN5O3. The number of aromatic nitrogens is 4. The summed E-state index contributed by atoms with van der Waals surface area (Å²) in [4.78, 5) is 19.3. The second-order valence-electron chi connectivity index (χ2n) is 7.62. The number of methoxy groups -OCH3 is 1. The van der Waals surface area contributed by atoms with Gasteiger partial charge in [-0.2, -0.15) is 0 Å². The second-order valence-corrected chi connectivity index (χ2v) is 7.62. The van der Waals surface area contributed by atoms with E-state index in [9.17, 15) is 9.50 Å². The van der Waals surface area contributed by atoms with E-state index in [1.165, 1.54) is 38.0 Å². The summed E-state index contributed by atoms with van der Waals surface area (Å²) in [5, 5.41) is 11.6. The van der Waals surface area contributed by atoms with Gasteiger partial charge in [0.15, 0.2) is 0 Å². The molecule has 0 bridgehead atoms. The smallest absolute Gasteiger partial charge is 0.238 e. The molecule has 0 amide bonds. The van der Waals surface area contributed by atoms with Crippen LogP contribution in [-0.2, 0) is 4.74 Å². The topological polar surface area (TPSA) is 93.5 Å². The summed E-state index contributed by atoms with van der Waals surface area (Å²) in [7, 11) is 1.45. The van der Waals surface area contributed by atoms with Crippen molar-refractivity contribution in [3.63, 3.8) is 0 Å². The fraction of sp³-hybridized carbons (Fsp3) is 0.250. The molecule has 3 heterocycles. The van der Waals surface area contributed by atoms with Crippen LogP contribution in [0.4, 0.5) is 10.1 Å². The van der Waals surface area contributed by atoms with Crippen molar-refractivity contribution in [3.8, 4) is 17.1 Å². The average Bonchev–Trinajstić information content (AvgIpc) is 2.88. The molecule has 5 rings (SSSR count). The van der Waals surface area contributed by atoms with Crippen LogP contribution in [0.2, 0.25) is 0 Å². The fourth-order valence-electron chi connectivity index (χ4n) is 4.01. The molecule has 2 aromatic heterocycles. The van der Waals surface area contributed by atoms with Gasteiger partial charge in [-0.05, 0) is 35.9 Å². The Labute approximate surface area is 189 Å². The molecule has 1 aliphatic rings. The Bertz CT molecular complexity index is 1300. The zero-order valence-electron chi connectivity index (χ0n) is 18.0. The Morgan fingerprint density at radius 3 is 2.67 bits per heavy atom. The first-order valence-corrected chi connectivity index (χ1v) is 10.6. The summed E-state index contributed by atoms with van der Waals surface area (Å²) in [5.41, 5.74) is 3.16. The van der Waals surface area contributed by atoms with Crippen LogP contribution in [-0.4, -0.2) is 58.5 Å². The van der Waals surface area contributed by atoms with E-state index in [-0.39, 0.29) is 17.1 Å². The number of anilines is 1. The SMILES string of the molecule is COc1nccnc1[C@H](O)c1ccc(F)c(-c2ncnc3cc(N4CCOCC4)ccc23)c1. The van der Waals surface area contributed by atoms with E-state index >= 15 is 0 Å².